The van der Waals surface area contributed by atoms with E-state index in [1.54, 1.807) is 0 Å². The van der Waals surface area contributed by atoms with Crippen molar-refractivity contribution in [3.05, 3.63) is 0 Å². The molecule has 0 amide bonds. The van der Waals surface area contributed by atoms with Crippen LogP contribution in [0.3, 0.4) is 0 Å². The zero-order valence-electron chi connectivity index (χ0n) is 9.40. The summed E-state index contributed by atoms with van der Waals surface area (Å²) in [4.78, 5) is 2.75. The first kappa shape index (κ1) is 10.4. The molecule has 0 aromatic carbocycles. The van der Waals surface area contributed by atoms with E-state index in [0.29, 0.717) is 6.04 Å². The predicted molar refractivity (Wildman–Crippen MR) is 66.1 cm³/mol. The van der Waals surface area contributed by atoms with Crippen LogP contribution in [0, 0.1) is 11.8 Å². The molecule has 4 atom stereocenters. The van der Waals surface area contributed by atoms with Crippen LogP contribution in [-0.2, 0) is 0 Å². The molecule has 2 N–H and O–H groups in total. The molecule has 3 rings (SSSR count). The van der Waals surface area contributed by atoms with Gasteiger partial charge in [-0.15, -0.1) is 0 Å². The molecule has 2 heterocycles. The lowest BCUT2D eigenvalue weighted by Gasteiger charge is -2.30. The quantitative estimate of drug-likeness (QED) is 0.735. The summed E-state index contributed by atoms with van der Waals surface area (Å²) in [5.41, 5.74) is 6.25. The molecule has 15 heavy (non-hydrogen) atoms. The van der Waals surface area contributed by atoms with Crippen LogP contribution in [0.25, 0.3) is 0 Å². The molecule has 2 aliphatic heterocycles. The van der Waals surface area contributed by atoms with Gasteiger partial charge in [0.2, 0.25) is 0 Å². The Morgan fingerprint density at radius 1 is 1.13 bits per heavy atom. The first-order valence-electron chi connectivity index (χ1n) is 6.42. The summed E-state index contributed by atoms with van der Waals surface area (Å²) in [6.45, 7) is 2.65. The van der Waals surface area contributed by atoms with Crippen LogP contribution in [0.1, 0.15) is 25.7 Å². The maximum absolute atomic E-state index is 6.25. The van der Waals surface area contributed by atoms with E-state index in [9.17, 15) is 0 Å². The highest BCUT2D eigenvalue weighted by Gasteiger charge is 2.41. The number of hydrogen-bond donors (Lipinski definition) is 1. The molecular formula is C12H22N2S. The lowest BCUT2D eigenvalue weighted by atomic mass is 9.78. The first-order valence-corrected chi connectivity index (χ1v) is 7.57. The lowest BCUT2D eigenvalue weighted by molar-refractivity contribution is 0.246. The average Bonchev–Trinajstić information content (AvgIpc) is 2.86. The highest BCUT2D eigenvalue weighted by atomic mass is 32.2. The normalized spacial score (nSPS) is 47.0. The zero-order valence-corrected chi connectivity index (χ0v) is 10.2. The van der Waals surface area contributed by atoms with Gasteiger partial charge in [-0.05, 0) is 36.9 Å². The van der Waals surface area contributed by atoms with Gasteiger partial charge in [0.1, 0.15) is 0 Å². The van der Waals surface area contributed by atoms with Gasteiger partial charge in [0.15, 0.2) is 0 Å². The number of fused-ring (bicyclic) bond motifs is 1. The Bertz CT molecular complexity index is 228. The van der Waals surface area contributed by atoms with Crippen molar-refractivity contribution in [3.8, 4) is 0 Å². The Morgan fingerprint density at radius 3 is 2.80 bits per heavy atom. The second-order valence-corrected chi connectivity index (χ2v) is 6.64. The van der Waals surface area contributed by atoms with Gasteiger partial charge in [-0.3, -0.25) is 4.90 Å². The SMILES string of the molecule is NC1CCCC2CN(C3CCSC3)CC12. The molecule has 3 fully saturated rings. The van der Waals surface area contributed by atoms with Crippen molar-refractivity contribution >= 4 is 11.8 Å². The fourth-order valence-corrected chi connectivity index (χ4v) is 4.91. The van der Waals surface area contributed by atoms with E-state index in [0.717, 1.165) is 17.9 Å². The standard InChI is InChI=1S/C12H22N2S/c13-12-3-1-2-9-6-14(7-11(9)12)10-4-5-15-8-10/h9-12H,1-8,13H2. The van der Waals surface area contributed by atoms with Gasteiger partial charge in [0.05, 0.1) is 0 Å². The number of likely N-dealkylation sites (tertiary alicyclic amines) is 1. The molecule has 0 spiro atoms. The third kappa shape index (κ3) is 1.94. The Kier molecular flexibility index (Phi) is 2.97. The van der Waals surface area contributed by atoms with E-state index in [-0.39, 0.29) is 0 Å². The fourth-order valence-electron chi connectivity index (χ4n) is 3.66. The maximum Gasteiger partial charge on any atom is 0.0194 e. The minimum atomic E-state index is 0.503. The second-order valence-electron chi connectivity index (χ2n) is 5.49. The number of nitrogens with two attached hydrogens (primary N) is 1. The minimum Gasteiger partial charge on any atom is -0.327 e. The smallest absolute Gasteiger partial charge is 0.0194 e. The summed E-state index contributed by atoms with van der Waals surface area (Å²) in [5, 5.41) is 0. The van der Waals surface area contributed by atoms with Crippen LogP contribution in [0.2, 0.25) is 0 Å². The van der Waals surface area contributed by atoms with Gasteiger partial charge in [-0.25, -0.2) is 0 Å². The Labute approximate surface area is 97.0 Å². The van der Waals surface area contributed by atoms with Gasteiger partial charge >= 0.3 is 0 Å². The van der Waals surface area contributed by atoms with Crippen LogP contribution < -0.4 is 5.73 Å². The molecule has 2 saturated heterocycles. The van der Waals surface area contributed by atoms with E-state index < -0.39 is 0 Å². The van der Waals surface area contributed by atoms with E-state index in [1.165, 1.54) is 50.3 Å². The number of thioether (sulfide) groups is 1. The van der Waals surface area contributed by atoms with E-state index in [2.05, 4.69) is 16.7 Å². The highest BCUT2D eigenvalue weighted by Crippen LogP contribution is 2.38. The third-order valence-corrected chi connectivity index (χ3v) is 5.75. The Hall–Kier alpha value is 0.270. The average molecular weight is 226 g/mol. The van der Waals surface area contributed by atoms with Gasteiger partial charge < -0.3 is 5.73 Å². The van der Waals surface area contributed by atoms with Gasteiger partial charge in [-0.2, -0.15) is 11.8 Å². The summed E-state index contributed by atoms with van der Waals surface area (Å²) in [6.07, 6.45) is 5.50. The van der Waals surface area contributed by atoms with Crippen LogP contribution in [0.5, 0.6) is 0 Å². The molecule has 3 aliphatic rings. The molecule has 4 unspecified atom stereocenters. The summed E-state index contributed by atoms with van der Waals surface area (Å²) < 4.78 is 0. The lowest BCUT2D eigenvalue weighted by Crippen LogP contribution is -2.39. The molecule has 1 aliphatic carbocycles. The summed E-state index contributed by atoms with van der Waals surface area (Å²) in [5.74, 6) is 4.50. The molecule has 0 aromatic rings. The largest absolute Gasteiger partial charge is 0.327 e. The minimum absolute atomic E-state index is 0.503. The van der Waals surface area contributed by atoms with Crippen molar-refractivity contribution in [2.45, 2.75) is 37.8 Å². The van der Waals surface area contributed by atoms with Crippen LogP contribution in [-0.4, -0.2) is 41.6 Å². The van der Waals surface area contributed by atoms with E-state index >= 15 is 0 Å². The molecule has 1 saturated carbocycles. The number of rotatable bonds is 1. The van der Waals surface area contributed by atoms with Crippen molar-refractivity contribution in [2.24, 2.45) is 17.6 Å². The Morgan fingerprint density at radius 2 is 2.07 bits per heavy atom. The van der Waals surface area contributed by atoms with Crippen LogP contribution >= 0.6 is 11.8 Å². The highest BCUT2D eigenvalue weighted by molar-refractivity contribution is 7.99. The molecule has 0 aromatic heterocycles. The summed E-state index contributed by atoms with van der Waals surface area (Å²) in [7, 11) is 0. The van der Waals surface area contributed by atoms with Gasteiger partial charge in [-0.1, -0.05) is 6.42 Å². The molecule has 86 valence electrons. The van der Waals surface area contributed by atoms with Crippen molar-refractivity contribution in [3.63, 3.8) is 0 Å². The molecule has 2 nitrogen and oxygen atoms in total. The molecule has 3 heteroatoms. The fraction of sp³-hybridized carbons (Fsp3) is 1.00. The molecular weight excluding hydrogens is 204 g/mol. The first-order chi connectivity index (χ1) is 7.34. The monoisotopic (exact) mass is 226 g/mol. The maximum atomic E-state index is 6.25. The number of hydrogen-bond acceptors (Lipinski definition) is 3. The topological polar surface area (TPSA) is 29.3 Å². The predicted octanol–water partition coefficient (Wildman–Crippen LogP) is 1.55. The molecule has 0 bridgehead atoms. The summed E-state index contributed by atoms with van der Waals surface area (Å²) in [6, 6.07) is 1.38. The van der Waals surface area contributed by atoms with Crippen molar-refractivity contribution in [1.82, 2.24) is 4.90 Å². The summed E-state index contributed by atoms with van der Waals surface area (Å²) >= 11 is 2.13. The third-order valence-electron chi connectivity index (χ3n) is 4.60. The van der Waals surface area contributed by atoms with Crippen molar-refractivity contribution in [1.29, 1.82) is 0 Å². The Balaban J connectivity index is 1.65. The van der Waals surface area contributed by atoms with Crippen molar-refractivity contribution < 1.29 is 0 Å². The van der Waals surface area contributed by atoms with Crippen molar-refractivity contribution in [2.75, 3.05) is 24.6 Å². The molecule has 0 radical (unpaired) electrons. The zero-order chi connectivity index (χ0) is 10.3. The van der Waals surface area contributed by atoms with Crippen LogP contribution in [0.15, 0.2) is 0 Å². The van der Waals surface area contributed by atoms with Gasteiger partial charge in [0.25, 0.3) is 0 Å². The number of nitrogens with zero attached hydrogens (tertiary/aromatic N) is 1. The van der Waals surface area contributed by atoms with Crippen LogP contribution in [0.4, 0.5) is 0 Å². The van der Waals surface area contributed by atoms with E-state index in [1.807, 2.05) is 0 Å². The van der Waals surface area contributed by atoms with Gasteiger partial charge in [0, 0.05) is 30.9 Å². The van der Waals surface area contributed by atoms with E-state index in [4.69, 9.17) is 5.73 Å². The second kappa shape index (κ2) is 4.27.